The van der Waals surface area contributed by atoms with Gasteiger partial charge in [-0.2, -0.15) is 0 Å². The summed E-state index contributed by atoms with van der Waals surface area (Å²) in [5, 5.41) is 12.1. The Bertz CT molecular complexity index is 3220. The van der Waals surface area contributed by atoms with Crippen molar-refractivity contribution in [1.82, 2.24) is 0 Å². The number of hydrogen-bond acceptors (Lipinski definition) is 2. The van der Waals surface area contributed by atoms with Crippen LogP contribution in [-0.4, -0.2) is 0 Å². The zero-order valence-corrected chi connectivity index (χ0v) is 29.4. The third kappa shape index (κ3) is 4.88. The highest BCUT2D eigenvalue weighted by atomic mass is 16.3. The first kappa shape index (κ1) is 30.5. The largest absolute Gasteiger partial charge is 0.455 e. The maximum absolute atomic E-state index is 6.57. The van der Waals surface area contributed by atoms with Gasteiger partial charge in [-0.25, -0.2) is 0 Å². The highest BCUT2D eigenvalue weighted by Crippen LogP contribution is 2.44. The van der Waals surface area contributed by atoms with Gasteiger partial charge in [0.1, 0.15) is 11.2 Å². The van der Waals surface area contributed by atoms with E-state index >= 15 is 0 Å². The van der Waals surface area contributed by atoms with Crippen LogP contribution < -0.4 is 4.90 Å². The molecule has 252 valence electrons. The lowest BCUT2D eigenvalue weighted by atomic mass is 9.97. The number of fused-ring (bicyclic) bond motifs is 9. The number of nitrogens with zero attached hydrogens (tertiary/aromatic N) is 1. The lowest BCUT2D eigenvalue weighted by molar-refractivity contribution is 0.673. The lowest BCUT2D eigenvalue weighted by Crippen LogP contribution is -2.10. The molecule has 2 heteroatoms. The van der Waals surface area contributed by atoms with Gasteiger partial charge in [-0.1, -0.05) is 152 Å². The van der Waals surface area contributed by atoms with Crippen molar-refractivity contribution in [2.75, 3.05) is 4.90 Å². The van der Waals surface area contributed by atoms with Gasteiger partial charge in [0, 0.05) is 32.9 Å². The molecule has 0 unspecified atom stereocenters. The number of anilines is 3. The molecule has 0 spiro atoms. The molecular weight excluding hydrogens is 655 g/mol. The van der Waals surface area contributed by atoms with Gasteiger partial charge in [0.15, 0.2) is 0 Å². The molecule has 1 heterocycles. The molecule has 10 aromatic carbocycles. The Balaban J connectivity index is 1.05. The second kappa shape index (κ2) is 12.2. The van der Waals surface area contributed by atoms with Crippen LogP contribution in [0.1, 0.15) is 0 Å². The highest BCUT2D eigenvalue weighted by Gasteiger charge is 2.19. The van der Waals surface area contributed by atoms with Crippen molar-refractivity contribution in [2.24, 2.45) is 0 Å². The van der Waals surface area contributed by atoms with Crippen molar-refractivity contribution in [2.45, 2.75) is 0 Å². The van der Waals surface area contributed by atoms with Crippen LogP contribution in [0.5, 0.6) is 0 Å². The predicted octanol–water partition coefficient (Wildman–Crippen LogP) is 15.0. The SMILES string of the molecule is c1cc(-c2cccc3oc4c5ccccc5ccc4c23)cc(N(c2ccc(-c3ccc4c(ccc5ccccc54)c3)cc2)c2cccc3ccccc23)c1. The minimum Gasteiger partial charge on any atom is -0.455 e. The topological polar surface area (TPSA) is 16.4 Å². The molecule has 54 heavy (non-hydrogen) atoms. The van der Waals surface area contributed by atoms with Crippen LogP contribution in [-0.2, 0) is 0 Å². The van der Waals surface area contributed by atoms with E-state index in [2.05, 4.69) is 205 Å². The Morgan fingerprint density at radius 2 is 0.944 bits per heavy atom. The molecule has 2 nitrogen and oxygen atoms in total. The maximum Gasteiger partial charge on any atom is 0.143 e. The van der Waals surface area contributed by atoms with E-state index in [4.69, 9.17) is 4.42 Å². The fourth-order valence-corrected chi connectivity index (χ4v) is 8.43. The van der Waals surface area contributed by atoms with Gasteiger partial charge >= 0.3 is 0 Å². The van der Waals surface area contributed by atoms with Crippen LogP contribution in [0.2, 0.25) is 0 Å². The van der Waals surface area contributed by atoms with Crippen LogP contribution in [0.4, 0.5) is 17.1 Å². The van der Waals surface area contributed by atoms with E-state index in [-0.39, 0.29) is 0 Å². The Morgan fingerprint density at radius 1 is 0.333 bits per heavy atom. The Morgan fingerprint density at radius 3 is 1.80 bits per heavy atom. The smallest absolute Gasteiger partial charge is 0.143 e. The Hall–Kier alpha value is -7.16. The third-order valence-electron chi connectivity index (χ3n) is 11.0. The van der Waals surface area contributed by atoms with Gasteiger partial charge < -0.3 is 9.32 Å². The highest BCUT2D eigenvalue weighted by molar-refractivity contribution is 6.19. The summed E-state index contributed by atoms with van der Waals surface area (Å²) in [6.45, 7) is 0. The summed E-state index contributed by atoms with van der Waals surface area (Å²) in [5.74, 6) is 0. The van der Waals surface area contributed by atoms with Gasteiger partial charge in [0.05, 0.1) is 5.69 Å². The standard InChI is InChI=1S/C52H33NO/c1-4-16-43-36(11-1)22-23-40-32-38(27-30-44(40)43)34-24-28-41(29-25-34)53(49-20-8-13-35-10-2-5-17-45(35)49)42-15-7-14-39(33-42)46-19-9-21-50-51(46)48-31-26-37-12-3-6-18-47(37)52(48)54-50/h1-33H. The lowest BCUT2D eigenvalue weighted by Gasteiger charge is -2.27. The summed E-state index contributed by atoms with van der Waals surface area (Å²) in [5.41, 5.74) is 9.83. The van der Waals surface area contributed by atoms with E-state index in [0.717, 1.165) is 55.5 Å². The minimum atomic E-state index is 0.896. The average molecular weight is 688 g/mol. The van der Waals surface area contributed by atoms with E-state index < -0.39 is 0 Å². The van der Waals surface area contributed by atoms with E-state index in [1.54, 1.807) is 0 Å². The number of furan rings is 1. The maximum atomic E-state index is 6.57. The van der Waals surface area contributed by atoms with Gasteiger partial charge in [0.2, 0.25) is 0 Å². The zero-order chi connectivity index (χ0) is 35.6. The molecule has 0 saturated heterocycles. The molecule has 0 aliphatic carbocycles. The van der Waals surface area contributed by atoms with Gasteiger partial charge in [0.25, 0.3) is 0 Å². The zero-order valence-electron chi connectivity index (χ0n) is 29.4. The van der Waals surface area contributed by atoms with Crippen LogP contribution in [0, 0.1) is 0 Å². The number of rotatable bonds is 5. The summed E-state index contributed by atoms with van der Waals surface area (Å²) in [6, 6.07) is 72.3. The summed E-state index contributed by atoms with van der Waals surface area (Å²) < 4.78 is 6.57. The second-order valence-corrected chi connectivity index (χ2v) is 14.1. The quantitative estimate of drug-likeness (QED) is 0.168. The predicted molar refractivity (Wildman–Crippen MR) is 229 cm³/mol. The molecule has 0 saturated carbocycles. The molecule has 11 aromatic rings. The van der Waals surface area contributed by atoms with Crippen molar-refractivity contribution in [3.8, 4) is 22.3 Å². The molecule has 11 rings (SSSR count). The Labute approximate surface area is 312 Å². The van der Waals surface area contributed by atoms with Crippen LogP contribution in [0.25, 0.3) is 87.3 Å². The van der Waals surface area contributed by atoms with E-state index in [1.165, 1.54) is 48.8 Å². The Kier molecular flexibility index (Phi) is 6.90. The first-order valence-corrected chi connectivity index (χ1v) is 18.5. The summed E-state index contributed by atoms with van der Waals surface area (Å²) >= 11 is 0. The first-order valence-electron chi connectivity index (χ1n) is 18.5. The number of hydrogen-bond donors (Lipinski definition) is 0. The van der Waals surface area contributed by atoms with Gasteiger partial charge in [-0.15, -0.1) is 0 Å². The van der Waals surface area contributed by atoms with Crippen LogP contribution >= 0.6 is 0 Å². The molecule has 1 aromatic heterocycles. The summed E-state index contributed by atoms with van der Waals surface area (Å²) in [6.07, 6.45) is 0. The van der Waals surface area contributed by atoms with E-state index in [0.29, 0.717) is 0 Å². The summed E-state index contributed by atoms with van der Waals surface area (Å²) in [4.78, 5) is 2.39. The molecule has 0 bridgehead atoms. The molecular formula is C52H33NO. The third-order valence-corrected chi connectivity index (χ3v) is 11.0. The van der Waals surface area contributed by atoms with Crippen molar-refractivity contribution in [3.63, 3.8) is 0 Å². The normalized spacial score (nSPS) is 11.7. The first-order chi connectivity index (χ1) is 26.8. The summed E-state index contributed by atoms with van der Waals surface area (Å²) in [7, 11) is 0. The van der Waals surface area contributed by atoms with Crippen LogP contribution in [0.3, 0.4) is 0 Å². The molecule has 0 fully saturated rings. The average Bonchev–Trinajstić information content (AvgIpc) is 3.64. The molecule has 0 atom stereocenters. The van der Waals surface area contributed by atoms with Gasteiger partial charge in [-0.3, -0.25) is 0 Å². The molecule has 0 aliphatic rings. The van der Waals surface area contributed by atoms with Crippen LogP contribution in [0.15, 0.2) is 205 Å². The fraction of sp³-hybridized carbons (Fsp3) is 0. The minimum absolute atomic E-state index is 0.896. The van der Waals surface area contributed by atoms with E-state index in [1.807, 2.05) is 0 Å². The molecule has 0 amide bonds. The van der Waals surface area contributed by atoms with Crippen molar-refractivity contribution in [1.29, 1.82) is 0 Å². The molecule has 0 aliphatic heterocycles. The van der Waals surface area contributed by atoms with Crippen molar-refractivity contribution >= 4 is 82.1 Å². The monoisotopic (exact) mass is 687 g/mol. The van der Waals surface area contributed by atoms with E-state index in [9.17, 15) is 0 Å². The molecule has 0 radical (unpaired) electrons. The second-order valence-electron chi connectivity index (χ2n) is 14.1. The molecule has 0 N–H and O–H groups in total. The van der Waals surface area contributed by atoms with Gasteiger partial charge in [-0.05, 0) is 103 Å². The van der Waals surface area contributed by atoms with Crippen molar-refractivity contribution in [3.05, 3.63) is 200 Å². The fourth-order valence-electron chi connectivity index (χ4n) is 8.43. The van der Waals surface area contributed by atoms with Crippen molar-refractivity contribution < 1.29 is 4.42 Å². The number of benzene rings is 10.